The van der Waals surface area contributed by atoms with Crippen molar-refractivity contribution in [3.63, 3.8) is 0 Å². The Balaban J connectivity index is 2.27. The van der Waals surface area contributed by atoms with Crippen LogP contribution in [0, 0.1) is 13.8 Å². The summed E-state index contributed by atoms with van der Waals surface area (Å²) in [5, 5.41) is 7.36. The first kappa shape index (κ1) is 18.9. The van der Waals surface area contributed by atoms with Crippen LogP contribution < -0.4 is 11.1 Å². The molecule has 0 fully saturated rings. The van der Waals surface area contributed by atoms with Crippen LogP contribution in [0.2, 0.25) is 5.02 Å². The highest BCUT2D eigenvalue weighted by Gasteiger charge is 2.25. The molecule has 2 aromatic heterocycles. The lowest BCUT2D eigenvalue weighted by molar-refractivity contribution is -0.116. The summed E-state index contributed by atoms with van der Waals surface area (Å²) in [7, 11) is 0. The molecule has 134 valence electrons. The minimum atomic E-state index is -0.678. The molecular formula is C15H17ClN4O4S. The lowest BCUT2D eigenvalue weighted by Crippen LogP contribution is -2.20. The number of carbonyl (C=O) groups excluding carboxylic acids is 3. The Morgan fingerprint density at radius 3 is 2.60 bits per heavy atom. The maximum Gasteiger partial charge on any atom is 0.341 e. The molecule has 0 radical (unpaired) electrons. The quantitative estimate of drug-likeness (QED) is 0.740. The van der Waals surface area contributed by atoms with Crippen LogP contribution >= 0.6 is 22.9 Å². The van der Waals surface area contributed by atoms with Crippen LogP contribution in [0.25, 0.3) is 0 Å². The number of aromatic nitrogens is 2. The number of aryl methyl sites for hydroxylation is 1. The van der Waals surface area contributed by atoms with E-state index in [2.05, 4.69) is 10.4 Å². The second kappa shape index (κ2) is 7.66. The van der Waals surface area contributed by atoms with Crippen molar-refractivity contribution in [1.82, 2.24) is 9.78 Å². The Bertz CT molecular complexity index is 823. The predicted molar refractivity (Wildman–Crippen MR) is 94.1 cm³/mol. The third kappa shape index (κ3) is 4.18. The van der Waals surface area contributed by atoms with Crippen molar-refractivity contribution in [2.45, 2.75) is 27.3 Å². The molecule has 2 aromatic rings. The first-order chi connectivity index (χ1) is 11.7. The van der Waals surface area contributed by atoms with Gasteiger partial charge in [0, 0.05) is 6.20 Å². The van der Waals surface area contributed by atoms with E-state index in [9.17, 15) is 14.4 Å². The van der Waals surface area contributed by atoms with Crippen molar-refractivity contribution in [1.29, 1.82) is 0 Å². The summed E-state index contributed by atoms with van der Waals surface area (Å²) >= 11 is 6.84. The van der Waals surface area contributed by atoms with Crippen LogP contribution in [0.4, 0.5) is 5.00 Å². The first-order valence-electron chi connectivity index (χ1n) is 7.34. The number of thiophene rings is 1. The van der Waals surface area contributed by atoms with E-state index < -0.39 is 17.8 Å². The second-order valence-electron chi connectivity index (χ2n) is 5.15. The van der Waals surface area contributed by atoms with Crippen LogP contribution in [-0.4, -0.2) is 34.2 Å². The number of amides is 2. The molecule has 0 aliphatic rings. The van der Waals surface area contributed by atoms with Crippen LogP contribution in [0.5, 0.6) is 0 Å². The standard InChI is InChI=1S/C15H17ClN4O4S/c1-4-24-15(23)11-7(2)12(13(17)22)25-14(11)18-10(21)6-20-5-9(16)8(3)19-20/h5H,4,6H2,1-3H3,(H2,17,22)(H,18,21). The molecular weight excluding hydrogens is 368 g/mol. The average molecular weight is 385 g/mol. The fourth-order valence-corrected chi connectivity index (χ4v) is 3.39. The number of nitrogens with two attached hydrogens (primary N) is 1. The van der Waals surface area contributed by atoms with Crippen LogP contribution in [0.15, 0.2) is 6.20 Å². The lowest BCUT2D eigenvalue weighted by Gasteiger charge is -2.07. The number of halogens is 1. The summed E-state index contributed by atoms with van der Waals surface area (Å²) in [6, 6.07) is 0. The molecule has 0 atom stereocenters. The Hall–Kier alpha value is -2.39. The van der Waals surface area contributed by atoms with Gasteiger partial charge in [0.05, 0.1) is 27.8 Å². The molecule has 0 saturated heterocycles. The van der Waals surface area contributed by atoms with Crippen LogP contribution in [0.3, 0.4) is 0 Å². The van der Waals surface area contributed by atoms with Gasteiger partial charge < -0.3 is 15.8 Å². The molecule has 10 heteroatoms. The van der Waals surface area contributed by atoms with E-state index in [0.717, 1.165) is 11.3 Å². The van der Waals surface area contributed by atoms with Crippen molar-refractivity contribution in [2.24, 2.45) is 5.73 Å². The van der Waals surface area contributed by atoms with E-state index in [1.165, 1.54) is 10.9 Å². The van der Waals surface area contributed by atoms with E-state index in [0.29, 0.717) is 16.3 Å². The summed E-state index contributed by atoms with van der Waals surface area (Å²) in [6.45, 7) is 5.03. The number of rotatable bonds is 6. The van der Waals surface area contributed by atoms with Gasteiger partial charge in [-0.1, -0.05) is 11.6 Å². The average Bonchev–Trinajstić information content (AvgIpc) is 2.99. The van der Waals surface area contributed by atoms with Crippen molar-refractivity contribution >= 4 is 45.7 Å². The molecule has 3 N–H and O–H groups in total. The largest absolute Gasteiger partial charge is 0.462 e. The number of esters is 1. The molecule has 25 heavy (non-hydrogen) atoms. The number of nitrogens with one attached hydrogen (secondary N) is 1. The van der Waals surface area contributed by atoms with Gasteiger partial charge in [0.25, 0.3) is 5.91 Å². The van der Waals surface area contributed by atoms with E-state index in [1.807, 2.05) is 0 Å². The van der Waals surface area contributed by atoms with Gasteiger partial charge in [-0.25, -0.2) is 4.79 Å². The molecule has 0 aromatic carbocycles. The maximum absolute atomic E-state index is 12.2. The predicted octanol–water partition coefficient (Wildman–Crippen LogP) is 2.13. The molecule has 0 spiro atoms. The van der Waals surface area contributed by atoms with E-state index in [1.54, 1.807) is 20.8 Å². The number of carbonyl (C=O) groups is 3. The molecule has 2 rings (SSSR count). The highest BCUT2D eigenvalue weighted by atomic mass is 35.5. The molecule has 2 heterocycles. The summed E-state index contributed by atoms with van der Waals surface area (Å²) in [4.78, 5) is 36.1. The number of primary amides is 1. The number of anilines is 1. The van der Waals surface area contributed by atoms with Gasteiger partial charge in [-0.15, -0.1) is 11.3 Å². The van der Waals surface area contributed by atoms with Gasteiger partial charge >= 0.3 is 5.97 Å². The zero-order valence-electron chi connectivity index (χ0n) is 13.9. The van der Waals surface area contributed by atoms with Gasteiger partial charge in [0.2, 0.25) is 5.91 Å². The molecule has 0 saturated carbocycles. The summed E-state index contributed by atoms with van der Waals surface area (Å²) < 4.78 is 6.37. The second-order valence-corrected chi connectivity index (χ2v) is 6.58. The fraction of sp³-hybridized carbons (Fsp3) is 0.333. The Kier molecular flexibility index (Phi) is 5.81. The van der Waals surface area contributed by atoms with Gasteiger partial charge in [-0.3, -0.25) is 14.3 Å². The van der Waals surface area contributed by atoms with Gasteiger partial charge in [0.15, 0.2) is 0 Å². The highest BCUT2D eigenvalue weighted by molar-refractivity contribution is 7.18. The highest BCUT2D eigenvalue weighted by Crippen LogP contribution is 2.33. The third-order valence-corrected chi connectivity index (χ3v) is 4.89. The molecule has 0 bridgehead atoms. The minimum absolute atomic E-state index is 0.0985. The number of ether oxygens (including phenoxy) is 1. The van der Waals surface area contributed by atoms with E-state index in [-0.39, 0.29) is 28.6 Å². The molecule has 0 unspecified atom stereocenters. The van der Waals surface area contributed by atoms with Crippen molar-refractivity contribution in [3.8, 4) is 0 Å². The lowest BCUT2D eigenvalue weighted by atomic mass is 10.1. The Labute approximate surface area is 152 Å². The molecule has 0 aliphatic carbocycles. The molecule has 8 nitrogen and oxygen atoms in total. The SMILES string of the molecule is CCOC(=O)c1c(NC(=O)Cn2cc(Cl)c(C)n2)sc(C(N)=O)c1C. The van der Waals surface area contributed by atoms with Crippen molar-refractivity contribution in [2.75, 3.05) is 11.9 Å². The summed E-state index contributed by atoms with van der Waals surface area (Å²) in [5.41, 5.74) is 6.43. The number of hydrogen-bond donors (Lipinski definition) is 2. The summed E-state index contributed by atoms with van der Waals surface area (Å²) in [6.07, 6.45) is 1.53. The first-order valence-corrected chi connectivity index (χ1v) is 8.53. The minimum Gasteiger partial charge on any atom is -0.462 e. The van der Waals surface area contributed by atoms with E-state index >= 15 is 0 Å². The normalized spacial score (nSPS) is 10.6. The Morgan fingerprint density at radius 1 is 1.40 bits per heavy atom. The zero-order chi connectivity index (χ0) is 18.7. The summed E-state index contributed by atoms with van der Waals surface area (Å²) in [5.74, 6) is -1.73. The monoisotopic (exact) mass is 384 g/mol. The Morgan fingerprint density at radius 2 is 2.08 bits per heavy atom. The topological polar surface area (TPSA) is 116 Å². The third-order valence-electron chi connectivity index (χ3n) is 3.30. The number of nitrogens with zero attached hydrogens (tertiary/aromatic N) is 2. The number of hydrogen-bond acceptors (Lipinski definition) is 6. The van der Waals surface area contributed by atoms with Gasteiger partial charge in [-0.2, -0.15) is 5.10 Å². The van der Waals surface area contributed by atoms with Crippen LogP contribution in [-0.2, 0) is 16.1 Å². The smallest absolute Gasteiger partial charge is 0.341 e. The van der Waals surface area contributed by atoms with E-state index in [4.69, 9.17) is 22.1 Å². The van der Waals surface area contributed by atoms with Crippen molar-refractivity contribution in [3.05, 3.63) is 32.9 Å². The van der Waals surface area contributed by atoms with Crippen LogP contribution in [0.1, 0.15) is 38.2 Å². The van der Waals surface area contributed by atoms with Crippen molar-refractivity contribution < 1.29 is 19.1 Å². The van der Waals surface area contributed by atoms with Gasteiger partial charge in [0.1, 0.15) is 11.5 Å². The zero-order valence-corrected chi connectivity index (χ0v) is 15.5. The maximum atomic E-state index is 12.2. The molecule has 0 aliphatic heterocycles. The van der Waals surface area contributed by atoms with Gasteiger partial charge in [-0.05, 0) is 26.3 Å². The molecule has 2 amide bonds. The fourth-order valence-electron chi connectivity index (χ4n) is 2.17.